The summed E-state index contributed by atoms with van der Waals surface area (Å²) in [5.74, 6) is 0.845. The summed E-state index contributed by atoms with van der Waals surface area (Å²) in [5, 5.41) is 0.946. The first-order valence-corrected chi connectivity index (χ1v) is 9.56. The van der Waals surface area contributed by atoms with Gasteiger partial charge in [-0.2, -0.15) is 0 Å². The first-order valence-electron chi connectivity index (χ1n) is 8.74. The van der Waals surface area contributed by atoms with Crippen molar-refractivity contribution in [1.29, 1.82) is 0 Å². The molecule has 0 spiro atoms. The minimum atomic E-state index is -0.423. The number of benzene rings is 2. The molecule has 1 aliphatic heterocycles. The lowest BCUT2D eigenvalue weighted by atomic mass is 10.1. The lowest BCUT2D eigenvalue weighted by Gasteiger charge is -2.38. The summed E-state index contributed by atoms with van der Waals surface area (Å²) in [7, 11) is 4.53. The zero-order chi connectivity index (χ0) is 19.7. The van der Waals surface area contributed by atoms with Crippen molar-refractivity contribution in [2.24, 2.45) is 0 Å². The predicted octanol–water partition coefficient (Wildman–Crippen LogP) is 3.37. The Morgan fingerprint density at radius 2 is 1.75 bits per heavy atom. The summed E-state index contributed by atoms with van der Waals surface area (Å²) in [6, 6.07) is 11.2. The van der Waals surface area contributed by atoms with Crippen molar-refractivity contribution in [3.63, 3.8) is 0 Å². The van der Waals surface area contributed by atoms with E-state index >= 15 is 0 Å². The number of thiazole rings is 1. The third-order valence-electron chi connectivity index (χ3n) is 4.58. The van der Waals surface area contributed by atoms with Crippen LogP contribution in [0.3, 0.4) is 0 Å². The molecule has 2 aromatic carbocycles. The van der Waals surface area contributed by atoms with Crippen LogP contribution in [0.25, 0.3) is 10.2 Å². The first-order chi connectivity index (χ1) is 13.6. The summed E-state index contributed by atoms with van der Waals surface area (Å²) in [6.07, 6.45) is -0.182. The van der Waals surface area contributed by atoms with Gasteiger partial charge in [-0.1, -0.05) is 23.5 Å². The summed E-state index contributed by atoms with van der Waals surface area (Å²) < 4.78 is 22.6. The molecule has 0 unspecified atom stereocenters. The van der Waals surface area contributed by atoms with Crippen LogP contribution in [0.5, 0.6) is 17.2 Å². The number of hydrogen-bond donors (Lipinski definition) is 0. The molecule has 0 atom stereocenters. The van der Waals surface area contributed by atoms with Gasteiger partial charge >= 0.3 is 5.97 Å². The molecule has 146 valence electrons. The van der Waals surface area contributed by atoms with Crippen LogP contribution in [0.4, 0.5) is 5.13 Å². The van der Waals surface area contributed by atoms with Crippen molar-refractivity contribution in [1.82, 2.24) is 4.98 Å². The standard InChI is InChI=1S/C20H20N2O5S/c1-24-15-8-12(9-16(25-2)18(15)26-3)19(23)27-13-10-22(11-13)20-21-14-6-4-5-7-17(14)28-20/h4-9,13H,10-11H2,1-3H3. The molecule has 1 fully saturated rings. The molecule has 28 heavy (non-hydrogen) atoms. The van der Waals surface area contributed by atoms with E-state index in [0.29, 0.717) is 35.9 Å². The maximum absolute atomic E-state index is 12.6. The predicted molar refractivity (Wildman–Crippen MR) is 107 cm³/mol. The number of ether oxygens (including phenoxy) is 4. The van der Waals surface area contributed by atoms with Gasteiger partial charge in [0.05, 0.1) is 50.2 Å². The highest BCUT2D eigenvalue weighted by Gasteiger charge is 2.32. The number of fused-ring (bicyclic) bond motifs is 1. The lowest BCUT2D eigenvalue weighted by Crippen LogP contribution is -2.53. The normalized spacial score (nSPS) is 13.9. The minimum Gasteiger partial charge on any atom is -0.493 e. The molecule has 0 amide bonds. The number of methoxy groups -OCH3 is 3. The molecule has 0 saturated carbocycles. The largest absolute Gasteiger partial charge is 0.493 e. The lowest BCUT2D eigenvalue weighted by molar-refractivity contribution is 0.0233. The van der Waals surface area contributed by atoms with Crippen LogP contribution in [-0.2, 0) is 4.74 Å². The number of para-hydroxylation sites is 1. The molecular formula is C20H20N2O5S. The number of aromatic nitrogens is 1. The fourth-order valence-corrected chi connectivity index (χ4v) is 4.07. The van der Waals surface area contributed by atoms with E-state index < -0.39 is 5.97 Å². The quantitative estimate of drug-likeness (QED) is 0.588. The third kappa shape index (κ3) is 3.31. The van der Waals surface area contributed by atoms with Crippen LogP contribution in [0, 0.1) is 0 Å². The third-order valence-corrected chi connectivity index (χ3v) is 5.67. The molecule has 2 heterocycles. The number of hydrogen-bond acceptors (Lipinski definition) is 8. The number of nitrogens with zero attached hydrogens (tertiary/aromatic N) is 2. The smallest absolute Gasteiger partial charge is 0.338 e. The van der Waals surface area contributed by atoms with Crippen molar-refractivity contribution >= 4 is 32.7 Å². The van der Waals surface area contributed by atoms with Gasteiger partial charge in [0.2, 0.25) is 5.75 Å². The van der Waals surface area contributed by atoms with E-state index in [-0.39, 0.29) is 6.10 Å². The first kappa shape index (κ1) is 18.4. The highest BCUT2D eigenvalue weighted by atomic mass is 32.1. The summed E-state index contributed by atoms with van der Waals surface area (Å²) in [6.45, 7) is 1.24. The van der Waals surface area contributed by atoms with Crippen molar-refractivity contribution < 1.29 is 23.7 Å². The molecule has 8 heteroatoms. The fraction of sp³-hybridized carbons (Fsp3) is 0.300. The van der Waals surface area contributed by atoms with Gasteiger partial charge in [0, 0.05) is 0 Å². The second kappa shape index (κ2) is 7.55. The Bertz CT molecular complexity index is 955. The van der Waals surface area contributed by atoms with Crippen LogP contribution in [0.2, 0.25) is 0 Å². The SMILES string of the molecule is COc1cc(C(=O)OC2CN(c3nc4ccccc4s3)C2)cc(OC)c1OC. The van der Waals surface area contributed by atoms with Crippen LogP contribution < -0.4 is 19.1 Å². The molecule has 1 aliphatic rings. The van der Waals surface area contributed by atoms with Crippen LogP contribution in [0.15, 0.2) is 36.4 Å². The topological polar surface area (TPSA) is 70.1 Å². The Kier molecular flexibility index (Phi) is 4.95. The maximum Gasteiger partial charge on any atom is 0.338 e. The Labute approximate surface area is 166 Å². The number of carbonyl (C=O) groups excluding carboxylic acids is 1. The van der Waals surface area contributed by atoms with Crippen molar-refractivity contribution in [2.75, 3.05) is 39.3 Å². The summed E-state index contributed by atoms with van der Waals surface area (Å²) in [5.41, 5.74) is 1.34. The zero-order valence-electron chi connectivity index (χ0n) is 15.8. The van der Waals surface area contributed by atoms with Gasteiger partial charge in [0.15, 0.2) is 16.6 Å². The number of anilines is 1. The second-order valence-electron chi connectivity index (χ2n) is 6.31. The molecule has 1 saturated heterocycles. The molecular weight excluding hydrogens is 380 g/mol. The molecule has 0 N–H and O–H groups in total. The number of carbonyl (C=O) groups is 1. The number of esters is 1. The Balaban J connectivity index is 1.42. The van der Waals surface area contributed by atoms with Crippen molar-refractivity contribution in [3.05, 3.63) is 42.0 Å². The van der Waals surface area contributed by atoms with Gasteiger partial charge in [-0.25, -0.2) is 9.78 Å². The molecule has 7 nitrogen and oxygen atoms in total. The Hall–Kier alpha value is -3.00. The maximum atomic E-state index is 12.6. The van der Waals surface area contributed by atoms with Crippen molar-refractivity contribution in [2.45, 2.75) is 6.10 Å². The highest BCUT2D eigenvalue weighted by Crippen LogP contribution is 2.38. The number of rotatable bonds is 6. The second-order valence-corrected chi connectivity index (χ2v) is 7.32. The molecule has 4 rings (SSSR count). The van der Waals surface area contributed by atoms with Gasteiger partial charge < -0.3 is 23.8 Å². The van der Waals surface area contributed by atoms with Crippen molar-refractivity contribution in [3.8, 4) is 17.2 Å². The molecule has 0 bridgehead atoms. The van der Waals surface area contributed by atoms with Gasteiger partial charge in [-0.3, -0.25) is 0 Å². The fourth-order valence-electron chi connectivity index (χ4n) is 3.08. The average Bonchev–Trinajstić information content (AvgIpc) is 3.12. The van der Waals surface area contributed by atoms with E-state index in [0.717, 1.165) is 15.3 Å². The van der Waals surface area contributed by atoms with Gasteiger partial charge in [-0.15, -0.1) is 0 Å². The van der Waals surface area contributed by atoms with E-state index in [4.69, 9.17) is 18.9 Å². The van der Waals surface area contributed by atoms with Gasteiger partial charge in [0.1, 0.15) is 6.10 Å². The van der Waals surface area contributed by atoms with E-state index in [2.05, 4.69) is 16.0 Å². The molecule has 0 radical (unpaired) electrons. The minimum absolute atomic E-state index is 0.182. The van der Waals surface area contributed by atoms with E-state index in [1.807, 2.05) is 18.2 Å². The van der Waals surface area contributed by atoms with E-state index in [1.54, 1.807) is 23.5 Å². The highest BCUT2D eigenvalue weighted by molar-refractivity contribution is 7.22. The molecule has 1 aromatic heterocycles. The van der Waals surface area contributed by atoms with Gasteiger partial charge in [0.25, 0.3) is 0 Å². The molecule has 3 aromatic rings. The Morgan fingerprint density at radius 1 is 1.07 bits per heavy atom. The van der Waals surface area contributed by atoms with E-state index in [9.17, 15) is 4.79 Å². The zero-order valence-corrected chi connectivity index (χ0v) is 16.6. The monoisotopic (exact) mass is 400 g/mol. The van der Waals surface area contributed by atoms with Crippen LogP contribution in [0.1, 0.15) is 10.4 Å². The van der Waals surface area contributed by atoms with E-state index in [1.165, 1.54) is 21.3 Å². The Morgan fingerprint density at radius 3 is 2.36 bits per heavy atom. The summed E-state index contributed by atoms with van der Waals surface area (Å²) in [4.78, 5) is 19.3. The average molecular weight is 400 g/mol. The van der Waals surface area contributed by atoms with Crippen LogP contribution in [-0.4, -0.2) is 51.5 Å². The molecule has 0 aliphatic carbocycles. The summed E-state index contributed by atoms with van der Waals surface area (Å²) >= 11 is 1.64. The van der Waals surface area contributed by atoms with Crippen LogP contribution >= 0.6 is 11.3 Å². The van der Waals surface area contributed by atoms with Gasteiger partial charge in [-0.05, 0) is 24.3 Å².